The fraction of sp³-hybridized carbons (Fsp3) is 0.278. The first-order valence-corrected chi connectivity index (χ1v) is 9.95. The Kier molecular flexibility index (Phi) is 5.90. The zero-order valence-corrected chi connectivity index (χ0v) is 15.6. The van der Waals surface area contributed by atoms with Crippen LogP contribution < -0.4 is 5.32 Å². The fourth-order valence-corrected chi connectivity index (χ4v) is 4.48. The number of benzene rings is 2. The highest BCUT2D eigenvalue weighted by molar-refractivity contribution is 7.89. The zero-order valence-electron chi connectivity index (χ0n) is 14.8. The molecule has 1 heterocycles. The topological polar surface area (TPSA) is 66.5 Å². The van der Waals surface area contributed by atoms with E-state index in [-0.39, 0.29) is 25.9 Å². The van der Waals surface area contributed by atoms with Gasteiger partial charge in [-0.3, -0.25) is 4.79 Å². The summed E-state index contributed by atoms with van der Waals surface area (Å²) in [6.07, 6.45) is 0.139. The summed E-state index contributed by atoms with van der Waals surface area (Å²) >= 11 is 0. The smallest absolute Gasteiger partial charge is 0.243 e. The molecule has 0 aromatic heterocycles. The van der Waals surface area contributed by atoms with Crippen LogP contribution in [0.4, 0.5) is 27.6 Å². The van der Waals surface area contributed by atoms with Crippen molar-refractivity contribution >= 4 is 21.6 Å². The molecule has 1 amide bonds. The summed E-state index contributed by atoms with van der Waals surface area (Å²) < 4.78 is 92.4. The molecule has 29 heavy (non-hydrogen) atoms. The molecule has 2 aromatic carbocycles. The molecule has 1 saturated heterocycles. The fourth-order valence-electron chi connectivity index (χ4n) is 3.00. The van der Waals surface area contributed by atoms with E-state index in [1.54, 1.807) is 0 Å². The number of hydrogen-bond donors (Lipinski definition) is 1. The quantitative estimate of drug-likeness (QED) is 0.593. The van der Waals surface area contributed by atoms with E-state index < -0.39 is 61.5 Å². The van der Waals surface area contributed by atoms with Crippen LogP contribution in [-0.2, 0) is 14.8 Å². The molecule has 0 radical (unpaired) electrons. The lowest BCUT2D eigenvalue weighted by Crippen LogP contribution is -2.41. The largest absolute Gasteiger partial charge is 0.323 e. The van der Waals surface area contributed by atoms with Crippen molar-refractivity contribution < 1.29 is 35.2 Å². The van der Waals surface area contributed by atoms with E-state index in [4.69, 9.17) is 0 Å². The van der Waals surface area contributed by atoms with Crippen LogP contribution in [0.25, 0.3) is 0 Å². The first-order valence-electron chi connectivity index (χ1n) is 8.51. The summed E-state index contributed by atoms with van der Waals surface area (Å²) in [6, 6.07) is 3.78. The first kappa shape index (κ1) is 21.2. The van der Waals surface area contributed by atoms with Crippen LogP contribution in [0.15, 0.2) is 35.2 Å². The maximum atomic E-state index is 13.7. The Morgan fingerprint density at radius 3 is 2.14 bits per heavy atom. The zero-order chi connectivity index (χ0) is 21.3. The number of nitrogens with one attached hydrogen (secondary N) is 1. The highest BCUT2D eigenvalue weighted by Gasteiger charge is 2.33. The summed E-state index contributed by atoms with van der Waals surface area (Å²) in [6.45, 7) is -0.167. The van der Waals surface area contributed by atoms with Crippen molar-refractivity contribution in [2.45, 2.75) is 17.7 Å². The molecule has 0 saturated carbocycles. The Bertz CT molecular complexity index is 1050. The van der Waals surface area contributed by atoms with Crippen LogP contribution in [0.3, 0.4) is 0 Å². The van der Waals surface area contributed by atoms with Gasteiger partial charge in [-0.25, -0.2) is 30.4 Å². The molecule has 1 fully saturated rings. The minimum absolute atomic E-state index is 0.0695. The van der Waals surface area contributed by atoms with E-state index in [1.807, 2.05) is 0 Å². The lowest BCUT2D eigenvalue weighted by Gasteiger charge is -2.30. The van der Waals surface area contributed by atoms with E-state index in [1.165, 1.54) is 0 Å². The number of carbonyl (C=O) groups excluding carboxylic acids is 1. The number of carbonyl (C=O) groups is 1. The molecule has 0 atom stereocenters. The SMILES string of the molecule is O=C(Nc1ccc(F)c(F)c1F)C1CCN(S(=O)(=O)c2ccc(F)c(F)c2)CC1. The predicted octanol–water partition coefficient (Wildman–Crippen LogP) is 3.42. The summed E-state index contributed by atoms with van der Waals surface area (Å²) in [5, 5.41) is 2.17. The second-order valence-corrected chi connectivity index (χ2v) is 8.40. The van der Waals surface area contributed by atoms with Crippen LogP contribution in [-0.4, -0.2) is 31.7 Å². The molecule has 0 spiro atoms. The van der Waals surface area contributed by atoms with Gasteiger partial charge < -0.3 is 5.32 Å². The number of rotatable bonds is 4. The molecule has 156 valence electrons. The van der Waals surface area contributed by atoms with Gasteiger partial charge in [-0.2, -0.15) is 4.31 Å². The van der Waals surface area contributed by atoms with E-state index in [0.29, 0.717) is 18.2 Å². The van der Waals surface area contributed by atoms with Crippen LogP contribution >= 0.6 is 0 Å². The number of sulfonamides is 1. The molecule has 5 nitrogen and oxygen atoms in total. The number of nitrogens with zero attached hydrogens (tertiary/aromatic N) is 1. The number of piperidine rings is 1. The van der Waals surface area contributed by atoms with Gasteiger partial charge in [0.05, 0.1) is 10.6 Å². The van der Waals surface area contributed by atoms with Crippen molar-refractivity contribution in [2.75, 3.05) is 18.4 Å². The average molecular weight is 434 g/mol. The third kappa shape index (κ3) is 4.25. The Balaban J connectivity index is 1.66. The molecule has 3 rings (SSSR count). The molecule has 1 aliphatic rings. The first-order chi connectivity index (χ1) is 13.6. The van der Waals surface area contributed by atoms with Crippen molar-refractivity contribution in [1.29, 1.82) is 0 Å². The number of hydrogen-bond acceptors (Lipinski definition) is 3. The Hall–Kier alpha value is -2.53. The second-order valence-electron chi connectivity index (χ2n) is 6.47. The van der Waals surface area contributed by atoms with E-state index in [9.17, 15) is 35.2 Å². The minimum atomic E-state index is -4.08. The standard InChI is InChI=1S/C18H15F5N2O3S/c19-12-2-1-11(9-14(12)21)29(27,28)25-7-5-10(6-8-25)18(26)24-15-4-3-13(20)16(22)17(15)23/h1-4,9-10H,5-8H2,(H,24,26). The summed E-state index contributed by atoms with van der Waals surface area (Å²) in [5.41, 5.74) is -0.522. The van der Waals surface area contributed by atoms with Crippen LogP contribution in [0, 0.1) is 35.0 Å². The van der Waals surface area contributed by atoms with Gasteiger partial charge in [-0.15, -0.1) is 0 Å². The summed E-state index contributed by atoms with van der Waals surface area (Å²) in [7, 11) is -4.08. The van der Waals surface area contributed by atoms with E-state index in [2.05, 4.69) is 5.32 Å². The Morgan fingerprint density at radius 1 is 0.897 bits per heavy atom. The molecule has 1 N–H and O–H groups in total. The average Bonchev–Trinajstić information content (AvgIpc) is 2.70. The lowest BCUT2D eigenvalue weighted by atomic mass is 9.97. The van der Waals surface area contributed by atoms with Gasteiger partial charge in [0.2, 0.25) is 15.9 Å². The van der Waals surface area contributed by atoms with Crippen molar-refractivity contribution in [1.82, 2.24) is 4.31 Å². The van der Waals surface area contributed by atoms with Crippen molar-refractivity contribution in [2.24, 2.45) is 5.92 Å². The minimum Gasteiger partial charge on any atom is -0.323 e. The van der Waals surface area contributed by atoms with Gasteiger partial charge in [-0.1, -0.05) is 0 Å². The van der Waals surface area contributed by atoms with Crippen molar-refractivity contribution in [3.63, 3.8) is 0 Å². The second kappa shape index (κ2) is 8.07. The monoisotopic (exact) mass is 434 g/mol. The molecule has 0 bridgehead atoms. The molecule has 1 aliphatic heterocycles. The number of amides is 1. The van der Waals surface area contributed by atoms with Gasteiger partial charge in [0.15, 0.2) is 29.1 Å². The molecule has 0 aliphatic carbocycles. The van der Waals surface area contributed by atoms with Gasteiger partial charge in [-0.05, 0) is 43.2 Å². The normalized spacial score (nSPS) is 16.0. The molecular weight excluding hydrogens is 419 g/mol. The van der Waals surface area contributed by atoms with E-state index in [0.717, 1.165) is 16.4 Å². The van der Waals surface area contributed by atoms with Gasteiger partial charge in [0.25, 0.3) is 0 Å². The van der Waals surface area contributed by atoms with Crippen molar-refractivity contribution in [3.05, 3.63) is 59.4 Å². The molecular formula is C18H15F5N2O3S. The van der Waals surface area contributed by atoms with Crippen LogP contribution in [0.2, 0.25) is 0 Å². The van der Waals surface area contributed by atoms with Crippen LogP contribution in [0.1, 0.15) is 12.8 Å². The number of halogens is 5. The van der Waals surface area contributed by atoms with Crippen molar-refractivity contribution in [3.8, 4) is 0 Å². The Labute approximate surface area is 163 Å². The van der Waals surface area contributed by atoms with Crippen LogP contribution in [0.5, 0.6) is 0 Å². The van der Waals surface area contributed by atoms with E-state index >= 15 is 0 Å². The highest BCUT2D eigenvalue weighted by atomic mass is 32.2. The van der Waals surface area contributed by atoms with Gasteiger partial charge in [0.1, 0.15) is 0 Å². The maximum absolute atomic E-state index is 13.7. The summed E-state index contributed by atoms with van der Waals surface area (Å²) in [4.78, 5) is 11.9. The third-order valence-corrected chi connectivity index (χ3v) is 6.54. The third-order valence-electron chi connectivity index (χ3n) is 4.65. The lowest BCUT2D eigenvalue weighted by molar-refractivity contribution is -0.120. The van der Waals surface area contributed by atoms with Gasteiger partial charge >= 0.3 is 0 Å². The Morgan fingerprint density at radius 2 is 1.52 bits per heavy atom. The maximum Gasteiger partial charge on any atom is 0.243 e. The predicted molar refractivity (Wildman–Crippen MR) is 92.8 cm³/mol. The summed E-state index contributed by atoms with van der Waals surface area (Å²) in [5.74, 6) is -8.47. The number of anilines is 1. The highest BCUT2D eigenvalue weighted by Crippen LogP contribution is 2.27. The molecule has 0 unspecified atom stereocenters. The molecule has 11 heteroatoms. The molecule has 2 aromatic rings. The van der Waals surface area contributed by atoms with Gasteiger partial charge in [0, 0.05) is 19.0 Å².